The van der Waals surface area contributed by atoms with Gasteiger partial charge in [0, 0.05) is 18.7 Å². The summed E-state index contributed by atoms with van der Waals surface area (Å²) >= 11 is 0. The molecule has 2 aromatic carbocycles. The lowest BCUT2D eigenvalue weighted by molar-refractivity contribution is -0.116. The molecule has 5 nitrogen and oxygen atoms in total. The molecule has 2 rings (SSSR count). The maximum absolute atomic E-state index is 12.0. The van der Waals surface area contributed by atoms with Gasteiger partial charge in [0.1, 0.15) is 12.4 Å². The van der Waals surface area contributed by atoms with Crippen molar-refractivity contribution < 1.29 is 9.53 Å². The van der Waals surface area contributed by atoms with Gasteiger partial charge in [0.2, 0.25) is 5.91 Å². The summed E-state index contributed by atoms with van der Waals surface area (Å²) in [6.07, 6.45) is 1.05. The Kier molecular flexibility index (Phi) is 6.63. The van der Waals surface area contributed by atoms with Crippen molar-refractivity contribution in [3.05, 3.63) is 54.1 Å². The zero-order chi connectivity index (χ0) is 17.4. The molecule has 0 heterocycles. The first-order chi connectivity index (χ1) is 11.5. The van der Waals surface area contributed by atoms with Crippen LogP contribution in [0.1, 0.15) is 12.0 Å². The minimum atomic E-state index is -0.00826. The molecule has 128 valence electrons. The molecule has 0 fully saturated rings. The highest BCUT2D eigenvalue weighted by molar-refractivity contribution is 5.90. The summed E-state index contributed by atoms with van der Waals surface area (Å²) in [5, 5.41) is 2.88. The molecule has 0 saturated carbocycles. The van der Waals surface area contributed by atoms with E-state index in [0.717, 1.165) is 17.8 Å². The summed E-state index contributed by atoms with van der Waals surface area (Å²) in [5.41, 5.74) is 8.47. The summed E-state index contributed by atoms with van der Waals surface area (Å²) in [7, 11) is 3.99. The number of amides is 1. The molecule has 3 N–H and O–H groups in total. The van der Waals surface area contributed by atoms with Gasteiger partial charge in [-0.15, -0.1) is 0 Å². The van der Waals surface area contributed by atoms with Crippen molar-refractivity contribution in [3.63, 3.8) is 0 Å². The molecule has 0 bridgehead atoms. The number of nitrogens with zero attached hydrogens (tertiary/aromatic N) is 1. The van der Waals surface area contributed by atoms with Gasteiger partial charge in [-0.05, 0) is 50.3 Å². The minimum Gasteiger partial charge on any atom is -0.490 e. The Morgan fingerprint density at radius 3 is 2.58 bits per heavy atom. The average Bonchev–Trinajstić information content (AvgIpc) is 2.55. The van der Waals surface area contributed by atoms with Crippen molar-refractivity contribution in [3.8, 4) is 5.75 Å². The van der Waals surface area contributed by atoms with Gasteiger partial charge in [0.15, 0.2) is 0 Å². The number of likely N-dealkylation sites (N-methyl/N-ethyl adjacent to an activating group) is 1. The largest absolute Gasteiger partial charge is 0.490 e. The van der Waals surface area contributed by atoms with E-state index in [9.17, 15) is 4.79 Å². The Labute approximate surface area is 143 Å². The molecule has 5 heteroatoms. The van der Waals surface area contributed by atoms with Crippen molar-refractivity contribution in [2.24, 2.45) is 0 Å². The van der Waals surface area contributed by atoms with Crippen molar-refractivity contribution in [1.29, 1.82) is 0 Å². The Balaban J connectivity index is 1.82. The predicted octanol–water partition coefficient (Wildman–Crippen LogP) is 2.78. The first-order valence-electron chi connectivity index (χ1n) is 8.05. The fourth-order valence-electron chi connectivity index (χ4n) is 2.23. The second-order valence-electron chi connectivity index (χ2n) is 5.94. The molecule has 1 amide bonds. The molecule has 0 aliphatic carbocycles. The molecule has 0 atom stereocenters. The number of carbonyl (C=O) groups excluding carboxylic acids is 1. The van der Waals surface area contributed by atoms with Crippen LogP contribution in [0.4, 0.5) is 11.4 Å². The topological polar surface area (TPSA) is 67.6 Å². The highest BCUT2D eigenvalue weighted by Gasteiger charge is 2.06. The van der Waals surface area contributed by atoms with Gasteiger partial charge in [0.25, 0.3) is 0 Å². The van der Waals surface area contributed by atoms with E-state index in [1.807, 2.05) is 62.6 Å². The number of hydrogen-bond donors (Lipinski definition) is 2. The zero-order valence-electron chi connectivity index (χ0n) is 14.3. The fraction of sp³-hybridized carbons (Fsp3) is 0.316. The molecule has 0 radical (unpaired) electrons. The second kappa shape index (κ2) is 8.93. The van der Waals surface area contributed by atoms with Gasteiger partial charge in [0.05, 0.1) is 5.69 Å². The predicted molar refractivity (Wildman–Crippen MR) is 98.3 cm³/mol. The minimum absolute atomic E-state index is 0.00826. The maximum atomic E-state index is 12.0. The number of nitrogens with one attached hydrogen (secondary N) is 1. The van der Waals surface area contributed by atoms with Gasteiger partial charge >= 0.3 is 0 Å². The van der Waals surface area contributed by atoms with Crippen LogP contribution in [0.3, 0.4) is 0 Å². The molecule has 2 aromatic rings. The third kappa shape index (κ3) is 5.93. The van der Waals surface area contributed by atoms with E-state index in [0.29, 0.717) is 30.9 Å². The van der Waals surface area contributed by atoms with Gasteiger partial charge < -0.3 is 20.7 Å². The number of ether oxygens (including phenoxy) is 1. The van der Waals surface area contributed by atoms with E-state index in [2.05, 4.69) is 10.2 Å². The number of anilines is 2. The van der Waals surface area contributed by atoms with Crippen molar-refractivity contribution in [1.82, 2.24) is 4.90 Å². The molecule has 0 aliphatic rings. The quantitative estimate of drug-likeness (QED) is 0.732. The second-order valence-corrected chi connectivity index (χ2v) is 5.94. The summed E-state index contributed by atoms with van der Waals surface area (Å²) in [6, 6.07) is 15.1. The Morgan fingerprint density at radius 1 is 1.17 bits per heavy atom. The molecule has 0 spiro atoms. The van der Waals surface area contributed by atoms with Crippen molar-refractivity contribution >= 4 is 17.3 Å². The Bertz CT molecular complexity index is 657. The number of nitrogens with two attached hydrogens (primary N) is 1. The van der Waals surface area contributed by atoms with Gasteiger partial charge in [-0.3, -0.25) is 4.79 Å². The van der Waals surface area contributed by atoms with E-state index >= 15 is 0 Å². The first-order valence-corrected chi connectivity index (χ1v) is 8.05. The van der Waals surface area contributed by atoms with Gasteiger partial charge in [-0.2, -0.15) is 0 Å². The first kappa shape index (κ1) is 17.8. The van der Waals surface area contributed by atoms with Crippen LogP contribution in [0.5, 0.6) is 5.75 Å². The molecule has 0 aliphatic heterocycles. The van der Waals surface area contributed by atoms with Crippen LogP contribution in [-0.4, -0.2) is 38.1 Å². The number of aryl methyl sites for hydroxylation is 1. The number of carbonyl (C=O) groups is 1. The SMILES string of the molecule is CN(C)CCOc1ccc(CCC(=O)Nc2ccccc2)cc1N. The van der Waals surface area contributed by atoms with E-state index < -0.39 is 0 Å². The van der Waals surface area contributed by atoms with Gasteiger partial charge in [-0.1, -0.05) is 24.3 Å². The van der Waals surface area contributed by atoms with Crippen LogP contribution >= 0.6 is 0 Å². The Morgan fingerprint density at radius 2 is 1.92 bits per heavy atom. The normalized spacial score (nSPS) is 10.6. The number of para-hydroxylation sites is 1. The number of benzene rings is 2. The van der Waals surface area contributed by atoms with Crippen LogP contribution in [0, 0.1) is 0 Å². The maximum Gasteiger partial charge on any atom is 0.224 e. The standard InChI is InChI=1S/C19H25N3O2/c1-22(2)12-13-24-18-10-8-15(14-17(18)20)9-11-19(23)21-16-6-4-3-5-7-16/h3-8,10,14H,9,11-13,20H2,1-2H3,(H,21,23). The highest BCUT2D eigenvalue weighted by Crippen LogP contribution is 2.23. The number of rotatable bonds is 8. The smallest absolute Gasteiger partial charge is 0.224 e. The molecule has 0 saturated heterocycles. The average molecular weight is 327 g/mol. The molecule has 0 aromatic heterocycles. The lowest BCUT2D eigenvalue weighted by Gasteiger charge is -2.13. The van der Waals surface area contributed by atoms with E-state index in [4.69, 9.17) is 10.5 Å². The lowest BCUT2D eigenvalue weighted by atomic mass is 10.1. The van der Waals surface area contributed by atoms with Crippen LogP contribution < -0.4 is 15.8 Å². The van der Waals surface area contributed by atoms with Crippen LogP contribution in [0.2, 0.25) is 0 Å². The zero-order valence-corrected chi connectivity index (χ0v) is 14.3. The van der Waals surface area contributed by atoms with E-state index in [-0.39, 0.29) is 5.91 Å². The fourth-order valence-corrected chi connectivity index (χ4v) is 2.23. The van der Waals surface area contributed by atoms with Crippen molar-refractivity contribution in [2.45, 2.75) is 12.8 Å². The van der Waals surface area contributed by atoms with Crippen LogP contribution in [-0.2, 0) is 11.2 Å². The Hall–Kier alpha value is -2.53. The molecule has 0 unspecified atom stereocenters. The lowest BCUT2D eigenvalue weighted by Crippen LogP contribution is -2.19. The highest BCUT2D eigenvalue weighted by atomic mass is 16.5. The summed E-state index contributed by atoms with van der Waals surface area (Å²) in [5.74, 6) is 0.681. The van der Waals surface area contributed by atoms with E-state index in [1.54, 1.807) is 0 Å². The third-order valence-corrected chi connectivity index (χ3v) is 3.57. The van der Waals surface area contributed by atoms with Crippen molar-refractivity contribution in [2.75, 3.05) is 38.3 Å². The number of hydrogen-bond acceptors (Lipinski definition) is 4. The summed E-state index contributed by atoms with van der Waals surface area (Å²) < 4.78 is 5.66. The van der Waals surface area contributed by atoms with Gasteiger partial charge in [-0.25, -0.2) is 0 Å². The molecular formula is C19H25N3O2. The van der Waals surface area contributed by atoms with Crippen LogP contribution in [0.25, 0.3) is 0 Å². The number of nitrogen functional groups attached to an aromatic ring is 1. The molecular weight excluding hydrogens is 302 g/mol. The third-order valence-electron chi connectivity index (χ3n) is 3.57. The summed E-state index contributed by atoms with van der Waals surface area (Å²) in [4.78, 5) is 14.0. The molecule has 24 heavy (non-hydrogen) atoms. The van der Waals surface area contributed by atoms with E-state index in [1.165, 1.54) is 0 Å². The van der Waals surface area contributed by atoms with Crippen LogP contribution in [0.15, 0.2) is 48.5 Å². The summed E-state index contributed by atoms with van der Waals surface area (Å²) in [6.45, 7) is 1.43. The monoisotopic (exact) mass is 327 g/mol.